The van der Waals surface area contributed by atoms with Crippen LogP contribution >= 0.6 is 0 Å². The average molecular weight is 743 g/mol. The Balaban J connectivity index is 0.943. The molecule has 0 radical (unpaired) electrons. The minimum atomic E-state index is -0.660. The number of para-hydroxylation sites is 1. The molecule has 11 nitrogen and oxygen atoms in total. The molecule has 5 atom stereocenters. The predicted molar refractivity (Wildman–Crippen MR) is 212 cm³/mol. The van der Waals surface area contributed by atoms with E-state index in [-0.39, 0.29) is 53.0 Å². The number of hydrogen-bond donors (Lipinski definition) is 4. The zero-order valence-corrected chi connectivity index (χ0v) is 32.1. The van der Waals surface area contributed by atoms with Crippen LogP contribution in [0.4, 0.5) is 17.1 Å². The summed E-state index contributed by atoms with van der Waals surface area (Å²) in [6, 6.07) is 19.2. The Morgan fingerprint density at radius 2 is 1.89 bits per heavy atom. The van der Waals surface area contributed by atoms with Gasteiger partial charge in [0.15, 0.2) is 0 Å². The summed E-state index contributed by atoms with van der Waals surface area (Å²) in [4.78, 5) is 55.4. The van der Waals surface area contributed by atoms with Crippen molar-refractivity contribution in [3.8, 4) is 17.6 Å². The molecule has 5 heterocycles. The number of fused-ring (bicyclic) bond motifs is 3. The summed E-state index contributed by atoms with van der Waals surface area (Å²) in [5.41, 5.74) is 6.21. The van der Waals surface area contributed by atoms with Crippen LogP contribution in [-0.4, -0.2) is 73.4 Å². The largest absolute Gasteiger partial charge is 0.494 e. The third-order valence-electron chi connectivity index (χ3n) is 12.1. The van der Waals surface area contributed by atoms with Gasteiger partial charge >= 0.3 is 0 Å². The summed E-state index contributed by atoms with van der Waals surface area (Å²) in [5.74, 6) is 6.60. The van der Waals surface area contributed by atoms with Gasteiger partial charge in [0, 0.05) is 78.5 Å². The van der Waals surface area contributed by atoms with Crippen LogP contribution in [0.15, 0.2) is 60.7 Å². The molecule has 5 aliphatic rings. The highest BCUT2D eigenvalue weighted by atomic mass is 16.5. The minimum absolute atomic E-state index is 0.0612. The molecule has 3 fully saturated rings. The number of amides is 4. The van der Waals surface area contributed by atoms with Crippen LogP contribution in [0.5, 0.6) is 5.75 Å². The van der Waals surface area contributed by atoms with E-state index < -0.39 is 11.9 Å². The Hall–Kier alpha value is -5.34. The van der Waals surface area contributed by atoms with Crippen molar-refractivity contribution in [2.45, 2.75) is 89.4 Å². The quantitative estimate of drug-likeness (QED) is 0.201. The molecule has 3 aromatic carbocycles. The van der Waals surface area contributed by atoms with Crippen molar-refractivity contribution < 1.29 is 23.9 Å². The molecule has 0 aromatic heterocycles. The molecule has 3 aromatic rings. The van der Waals surface area contributed by atoms with E-state index in [1.165, 1.54) is 5.56 Å². The smallest absolute Gasteiger partial charge is 0.255 e. The second kappa shape index (κ2) is 14.4. The van der Waals surface area contributed by atoms with Gasteiger partial charge in [-0.15, -0.1) is 0 Å². The second-order valence-electron chi connectivity index (χ2n) is 17.0. The van der Waals surface area contributed by atoms with Crippen LogP contribution in [0, 0.1) is 23.2 Å². The normalized spacial score (nSPS) is 25.9. The van der Waals surface area contributed by atoms with Gasteiger partial charge in [0.1, 0.15) is 11.8 Å². The molecule has 8 rings (SSSR count). The number of anilines is 3. The van der Waals surface area contributed by atoms with E-state index in [4.69, 9.17) is 4.74 Å². The minimum Gasteiger partial charge on any atom is -0.494 e. The summed E-state index contributed by atoms with van der Waals surface area (Å²) in [6.07, 6.45) is 4.12. The van der Waals surface area contributed by atoms with Crippen LogP contribution in [0.1, 0.15) is 86.3 Å². The van der Waals surface area contributed by atoms with Gasteiger partial charge < -0.3 is 30.5 Å². The molecule has 0 saturated carbocycles. The number of hydrogen-bond acceptors (Lipinski definition) is 8. The van der Waals surface area contributed by atoms with Gasteiger partial charge in [-0.1, -0.05) is 56.9 Å². The highest BCUT2D eigenvalue weighted by Gasteiger charge is 2.54. The summed E-state index contributed by atoms with van der Waals surface area (Å²) in [5, 5.41) is 12.9. The summed E-state index contributed by atoms with van der Waals surface area (Å²) in [7, 11) is 1.63. The summed E-state index contributed by atoms with van der Waals surface area (Å²) >= 11 is 0. The molecule has 0 bridgehead atoms. The molecule has 11 heteroatoms. The van der Waals surface area contributed by atoms with E-state index in [0.29, 0.717) is 36.4 Å². The van der Waals surface area contributed by atoms with Crippen molar-refractivity contribution in [2.75, 3.05) is 42.3 Å². The zero-order valence-electron chi connectivity index (χ0n) is 32.1. The van der Waals surface area contributed by atoms with Crippen LogP contribution in [0.25, 0.3) is 0 Å². The molecule has 5 aliphatic heterocycles. The van der Waals surface area contributed by atoms with E-state index in [1.54, 1.807) is 18.1 Å². The van der Waals surface area contributed by atoms with Gasteiger partial charge in [-0.25, -0.2) is 0 Å². The lowest BCUT2D eigenvalue weighted by Crippen LogP contribution is -2.52. The van der Waals surface area contributed by atoms with Crippen molar-refractivity contribution in [1.82, 2.24) is 15.5 Å². The zero-order chi connectivity index (χ0) is 38.5. The first-order chi connectivity index (χ1) is 26.4. The lowest BCUT2D eigenvalue weighted by atomic mass is 9.70. The fraction of sp³-hybridized carbons (Fsp3) is 0.455. The number of methoxy groups -OCH3 is 1. The van der Waals surface area contributed by atoms with Gasteiger partial charge in [-0.05, 0) is 79.0 Å². The third-order valence-corrected chi connectivity index (χ3v) is 12.1. The number of imide groups is 1. The molecule has 3 saturated heterocycles. The van der Waals surface area contributed by atoms with Crippen LogP contribution < -0.4 is 30.9 Å². The van der Waals surface area contributed by atoms with E-state index >= 15 is 0 Å². The fourth-order valence-corrected chi connectivity index (χ4v) is 9.33. The average Bonchev–Trinajstić information content (AvgIpc) is 3.84. The topological polar surface area (TPSA) is 132 Å². The Morgan fingerprint density at radius 3 is 2.69 bits per heavy atom. The van der Waals surface area contributed by atoms with Gasteiger partial charge in [0.05, 0.1) is 18.8 Å². The maximum absolute atomic E-state index is 14.0. The molecule has 0 aliphatic carbocycles. The third kappa shape index (κ3) is 7.04. The summed E-state index contributed by atoms with van der Waals surface area (Å²) in [6.45, 7) is 9.48. The molecule has 1 spiro atoms. The maximum atomic E-state index is 14.0. The van der Waals surface area contributed by atoms with E-state index in [0.717, 1.165) is 61.4 Å². The Kier molecular flexibility index (Phi) is 9.58. The van der Waals surface area contributed by atoms with Crippen LogP contribution in [-0.2, 0) is 26.3 Å². The van der Waals surface area contributed by atoms with Crippen molar-refractivity contribution in [3.63, 3.8) is 0 Å². The van der Waals surface area contributed by atoms with Crippen molar-refractivity contribution >= 4 is 40.7 Å². The van der Waals surface area contributed by atoms with E-state index in [1.807, 2.05) is 30.3 Å². The lowest BCUT2D eigenvalue weighted by Gasteiger charge is -2.35. The number of piperidine rings is 2. The lowest BCUT2D eigenvalue weighted by molar-refractivity contribution is -0.137. The molecule has 3 unspecified atom stereocenters. The molecular weight excluding hydrogens is 693 g/mol. The van der Waals surface area contributed by atoms with Gasteiger partial charge in [0.2, 0.25) is 17.7 Å². The molecule has 4 N–H and O–H groups in total. The van der Waals surface area contributed by atoms with Crippen molar-refractivity contribution in [3.05, 3.63) is 82.9 Å². The number of rotatable bonds is 6. The fourth-order valence-electron chi connectivity index (χ4n) is 9.33. The number of carbonyl (C=O) groups is 4. The van der Waals surface area contributed by atoms with Crippen LogP contribution in [0.2, 0.25) is 0 Å². The number of nitrogens with one attached hydrogen (secondary N) is 4. The SMILES string of the molecule is COc1cc(N2CCC[C@@H](C#Cc3cccc4c3CN([C@@H]3CCC(=O)NC3=O)C4=O)C2)ccc1NC(=O)C1CC2(CNc3ccccc32)C(CC(C)(C)C)N1. The standard InChI is InChI=1S/C44H50N6O5/c1-43(2,3)23-38-44(26-45-33-13-6-5-12-32(33)44)22-35(46-38)40(52)47-34-17-16-29(21-37(34)55-4)49-20-8-9-27(24-49)14-15-28-10-7-11-30-31(28)25-50(42(30)54)36-18-19-39(51)48-41(36)53/h5-7,10-13,16-17,21,27,35-36,38,45-46H,8-9,18-20,22-26H2,1-4H3,(H,47,52)(H,48,51,53)/t27-,35?,36+,38?,44?/m0/s1. The number of ether oxygens (including phenoxy) is 1. The van der Waals surface area contributed by atoms with Crippen molar-refractivity contribution in [2.24, 2.45) is 11.3 Å². The Labute approximate surface area is 322 Å². The number of carbonyl (C=O) groups excluding carboxylic acids is 4. The maximum Gasteiger partial charge on any atom is 0.255 e. The van der Waals surface area contributed by atoms with E-state index in [2.05, 4.69) is 83.0 Å². The Morgan fingerprint density at radius 1 is 1.05 bits per heavy atom. The second-order valence-corrected chi connectivity index (χ2v) is 17.0. The summed E-state index contributed by atoms with van der Waals surface area (Å²) < 4.78 is 5.84. The van der Waals surface area contributed by atoms with Gasteiger partial charge in [-0.3, -0.25) is 24.5 Å². The predicted octanol–water partition coefficient (Wildman–Crippen LogP) is 5.19. The monoisotopic (exact) mass is 742 g/mol. The Bertz CT molecular complexity index is 2110. The molecule has 286 valence electrons. The molecular formula is C44H50N6O5. The highest BCUT2D eigenvalue weighted by Crippen LogP contribution is 2.49. The number of benzene rings is 3. The molecule has 4 amide bonds. The highest BCUT2D eigenvalue weighted by molar-refractivity contribution is 6.05. The van der Waals surface area contributed by atoms with E-state index in [9.17, 15) is 19.2 Å². The molecule has 55 heavy (non-hydrogen) atoms. The van der Waals surface area contributed by atoms with Crippen molar-refractivity contribution in [1.29, 1.82) is 0 Å². The number of nitrogens with zero attached hydrogens (tertiary/aromatic N) is 2. The first-order valence-electron chi connectivity index (χ1n) is 19.5. The first-order valence-corrected chi connectivity index (χ1v) is 19.5. The van der Waals surface area contributed by atoms with Crippen LogP contribution in [0.3, 0.4) is 0 Å². The van der Waals surface area contributed by atoms with Gasteiger partial charge in [0.25, 0.3) is 5.91 Å². The first kappa shape index (κ1) is 36.6. The van der Waals surface area contributed by atoms with Gasteiger partial charge in [-0.2, -0.15) is 0 Å².